The maximum Gasteiger partial charge on any atom is 0.337 e. The molecule has 3 amide bonds. The maximum absolute atomic E-state index is 12.0. The average Bonchev–Trinajstić information content (AvgIpc) is 2.81. The Morgan fingerprint density at radius 3 is 2.09 bits per heavy atom. The highest BCUT2D eigenvalue weighted by molar-refractivity contribution is 9.10. The topological polar surface area (TPSA) is 140 Å². The average molecular weight is 520 g/mol. The lowest BCUT2D eigenvalue weighted by molar-refractivity contribution is -0.148. The van der Waals surface area contributed by atoms with Crippen molar-refractivity contribution in [2.75, 3.05) is 19.0 Å². The van der Waals surface area contributed by atoms with E-state index in [1.807, 2.05) is 0 Å². The third-order valence-corrected chi connectivity index (χ3v) is 4.69. The summed E-state index contributed by atoms with van der Waals surface area (Å²) in [6.45, 7) is -0.571. The summed E-state index contributed by atoms with van der Waals surface area (Å²) in [6.07, 6.45) is 0.212. The van der Waals surface area contributed by atoms with Gasteiger partial charge in [0.2, 0.25) is 5.91 Å². The normalized spacial score (nSPS) is 10.0. The lowest BCUT2D eigenvalue weighted by atomic mass is 10.2. The van der Waals surface area contributed by atoms with Crippen LogP contribution in [0.15, 0.2) is 53.0 Å². The number of hydrogen-bond donors (Lipinski definition) is 3. The largest absolute Gasteiger partial charge is 0.465 e. The summed E-state index contributed by atoms with van der Waals surface area (Å²) in [4.78, 5) is 58.7. The van der Waals surface area contributed by atoms with E-state index in [0.29, 0.717) is 16.8 Å². The van der Waals surface area contributed by atoms with Gasteiger partial charge in [0.25, 0.3) is 11.8 Å². The zero-order chi connectivity index (χ0) is 24.2. The summed E-state index contributed by atoms with van der Waals surface area (Å²) in [5.41, 5.74) is 5.55. The van der Waals surface area contributed by atoms with Gasteiger partial charge in [0.15, 0.2) is 6.61 Å². The predicted octanol–water partition coefficient (Wildman–Crippen LogP) is 2.35. The molecule has 2 aromatic carbocycles. The van der Waals surface area contributed by atoms with Gasteiger partial charge in [-0.05, 0) is 55.0 Å². The molecule has 0 aromatic heterocycles. The zero-order valence-electron chi connectivity index (χ0n) is 17.7. The number of amides is 3. The van der Waals surface area contributed by atoms with Gasteiger partial charge in [0, 0.05) is 28.6 Å². The molecule has 0 saturated carbocycles. The van der Waals surface area contributed by atoms with Crippen molar-refractivity contribution in [3.8, 4) is 0 Å². The molecule has 0 unspecified atom stereocenters. The van der Waals surface area contributed by atoms with Crippen molar-refractivity contribution in [1.82, 2.24) is 10.9 Å². The summed E-state index contributed by atoms with van der Waals surface area (Å²) in [7, 11) is 1.28. The highest BCUT2D eigenvalue weighted by Crippen LogP contribution is 2.12. The highest BCUT2D eigenvalue weighted by atomic mass is 79.9. The van der Waals surface area contributed by atoms with E-state index >= 15 is 0 Å². The molecule has 0 aliphatic heterocycles. The maximum atomic E-state index is 12.0. The smallest absolute Gasteiger partial charge is 0.337 e. The summed E-state index contributed by atoms with van der Waals surface area (Å²) >= 11 is 3.25. The van der Waals surface area contributed by atoms with Gasteiger partial charge in [0.1, 0.15) is 0 Å². The number of anilines is 1. The zero-order valence-corrected chi connectivity index (χ0v) is 19.3. The van der Waals surface area contributed by atoms with Crippen LogP contribution in [0.4, 0.5) is 5.69 Å². The van der Waals surface area contributed by atoms with Crippen LogP contribution in [-0.2, 0) is 23.9 Å². The number of nitrogens with one attached hydrogen (secondary N) is 3. The monoisotopic (exact) mass is 519 g/mol. The van der Waals surface area contributed by atoms with Crippen LogP contribution in [0, 0.1) is 0 Å². The van der Waals surface area contributed by atoms with Crippen LogP contribution in [0.2, 0.25) is 0 Å². The molecule has 0 fully saturated rings. The lowest BCUT2D eigenvalue weighted by Gasteiger charge is -2.08. The molecule has 10 nitrogen and oxygen atoms in total. The standard InChI is InChI=1S/C22H22BrN3O7/c1-32-22(31)15-7-11-17(12-8-15)24-18(27)3-2-4-20(29)33-13-19(28)25-26-21(30)14-5-9-16(23)10-6-14/h5-12H,2-4,13H2,1H3,(H,24,27)(H,25,28)(H,26,30). The molecule has 0 spiro atoms. The molecule has 0 atom stereocenters. The molecule has 174 valence electrons. The third kappa shape index (κ3) is 9.11. The molecule has 0 saturated heterocycles. The predicted molar refractivity (Wildman–Crippen MR) is 121 cm³/mol. The van der Waals surface area contributed by atoms with Gasteiger partial charge in [-0.15, -0.1) is 0 Å². The first-order valence-corrected chi connectivity index (χ1v) is 10.6. The molecule has 0 bridgehead atoms. The van der Waals surface area contributed by atoms with Crippen molar-refractivity contribution in [2.24, 2.45) is 0 Å². The van der Waals surface area contributed by atoms with Crippen LogP contribution in [0.5, 0.6) is 0 Å². The van der Waals surface area contributed by atoms with Crippen LogP contribution in [-0.4, -0.2) is 43.4 Å². The molecule has 0 heterocycles. The SMILES string of the molecule is COC(=O)c1ccc(NC(=O)CCCC(=O)OCC(=O)NNC(=O)c2ccc(Br)cc2)cc1. The summed E-state index contributed by atoms with van der Waals surface area (Å²) in [5.74, 6) is -2.68. The molecule has 0 radical (unpaired) electrons. The molecule has 2 rings (SSSR count). The van der Waals surface area contributed by atoms with Crippen molar-refractivity contribution in [3.05, 3.63) is 64.1 Å². The molecule has 33 heavy (non-hydrogen) atoms. The van der Waals surface area contributed by atoms with Crippen molar-refractivity contribution in [2.45, 2.75) is 19.3 Å². The number of hydrogen-bond acceptors (Lipinski definition) is 7. The highest BCUT2D eigenvalue weighted by Gasteiger charge is 2.11. The quantitative estimate of drug-likeness (QED) is 0.341. The van der Waals surface area contributed by atoms with E-state index in [4.69, 9.17) is 4.74 Å². The Bertz CT molecular complexity index is 1010. The van der Waals surface area contributed by atoms with Gasteiger partial charge in [-0.25, -0.2) is 4.79 Å². The third-order valence-electron chi connectivity index (χ3n) is 4.16. The first-order chi connectivity index (χ1) is 15.8. The van der Waals surface area contributed by atoms with E-state index in [9.17, 15) is 24.0 Å². The molecule has 0 aliphatic rings. The number of halogens is 1. The Hall–Kier alpha value is -3.73. The number of carbonyl (C=O) groups excluding carboxylic acids is 5. The second-order valence-corrected chi connectivity index (χ2v) is 7.56. The van der Waals surface area contributed by atoms with Gasteiger partial charge < -0.3 is 14.8 Å². The molecular formula is C22H22BrN3O7. The van der Waals surface area contributed by atoms with Crippen molar-refractivity contribution >= 4 is 51.3 Å². The van der Waals surface area contributed by atoms with Crippen molar-refractivity contribution in [3.63, 3.8) is 0 Å². The second kappa shape index (κ2) is 13.0. The Morgan fingerprint density at radius 1 is 0.818 bits per heavy atom. The minimum Gasteiger partial charge on any atom is -0.465 e. The summed E-state index contributed by atoms with van der Waals surface area (Å²) < 4.78 is 10.2. The fourth-order valence-corrected chi connectivity index (χ4v) is 2.74. The van der Waals surface area contributed by atoms with Gasteiger partial charge in [0.05, 0.1) is 12.7 Å². The number of ether oxygens (including phenoxy) is 2. The minimum absolute atomic E-state index is 0.0588. The molecular weight excluding hydrogens is 498 g/mol. The Kier molecular flexibility index (Phi) is 10.0. The van der Waals surface area contributed by atoms with E-state index < -0.39 is 30.4 Å². The number of hydrazine groups is 1. The van der Waals surface area contributed by atoms with Crippen LogP contribution in [0.3, 0.4) is 0 Å². The van der Waals surface area contributed by atoms with E-state index in [-0.39, 0.29) is 25.2 Å². The first kappa shape index (κ1) is 25.5. The van der Waals surface area contributed by atoms with Crippen LogP contribution < -0.4 is 16.2 Å². The summed E-state index contributed by atoms with van der Waals surface area (Å²) in [5, 5.41) is 2.64. The van der Waals surface area contributed by atoms with Gasteiger partial charge >= 0.3 is 11.9 Å². The van der Waals surface area contributed by atoms with Crippen molar-refractivity contribution < 1.29 is 33.4 Å². The lowest BCUT2D eigenvalue weighted by Crippen LogP contribution is -2.43. The number of methoxy groups -OCH3 is 1. The van der Waals surface area contributed by atoms with Crippen molar-refractivity contribution in [1.29, 1.82) is 0 Å². The van der Waals surface area contributed by atoms with Crippen LogP contribution >= 0.6 is 15.9 Å². The van der Waals surface area contributed by atoms with Crippen LogP contribution in [0.25, 0.3) is 0 Å². The number of carbonyl (C=O) groups is 5. The molecule has 3 N–H and O–H groups in total. The Balaban J connectivity index is 1.61. The first-order valence-electron chi connectivity index (χ1n) is 9.77. The van der Waals surface area contributed by atoms with E-state index in [1.54, 1.807) is 36.4 Å². The van der Waals surface area contributed by atoms with Gasteiger partial charge in [-0.1, -0.05) is 15.9 Å². The van der Waals surface area contributed by atoms with Gasteiger partial charge in [-0.2, -0.15) is 0 Å². The van der Waals surface area contributed by atoms with E-state index in [0.717, 1.165) is 4.47 Å². The van der Waals surface area contributed by atoms with E-state index in [1.165, 1.54) is 19.2 Å². The fourth-order valence-electron chi connectivity index (χ4n) is 2.48. The Morgan fingerprint density at radius 2 is 1.45 bits per heavy atom. The van der Waals surface area contributed by atoms with Crippen LogP contribution in [0.1, 0.15) is 40.0 Å². The fraction of sp³-hybridized carbons (Fsp3) is 0.227. The minimum atomic E-state index is -0.707. The Labute approximate surface area is 198 Å². The number of benzene rings is 2. The number of esters is 2. The summed E-state index contributed by atoms with van der Waals surface area (Å²) in [6, 6.07) is 12.7. The molecule has 0 aliphatic carbocycles. The van der Waals surface area contributed by atoms with Gasteiger partial charge in [-0.3, -0.25) is 30.0 Å². The number of rotatable bonds is 9. The second-order valence-electron chi connectivity index (χ2n) is 6.64. The molecule has 2 aromatic rings. The van der Waals surface area contributed by atoms with E-state index in [2.05, 4.69) is 36.8 Å². The molecule has 11 heteroatoms.